The van der Waals surface area contributed by atoms with Crippen molar-refractivity contribution in [2.45, 2.75) is 0 Å². The van der Waals surface area contributed by atoms with E-state index in [0.29, 0.717) is 0 Å². The predicted octanol–water partition coefficient (Wildman–Crippen LogP) is 16.8. The first kappa shape index (κ1) is 45.4. The molecule has 0 aliphatic carbocycles. The van der Waals surface area contributed by atoms with Crippen LogP contribution in [0.5, 0.6) is 23.0 Å². The Kier molecular flexibility index (Phi) is 11.3. The minimum absolute atomic E-state index is 0.206. The largest absolute Gasteiger partial charge is 0.508 e. The Morgan fingerprint density at radius 2 is 0.434 bits per heavy atom. The average Bonchev–Trinajstić information content (AvgIpc) is 4.31. The van der Waals surface area contributed by atoms with Crippen molar-refractivity contribution in [3.05, 3.63) is 241 Å². The number of aromatic nitrogens is 4. The molecule has 0 amide bonds. The van der Waals surface area contributed by atoms with Crippen molar-refractivity contribution in [2.24, 2.45) is 0 Å². The summed E-state index contributed by atoms with van der Waals surface area (Å²) in [5.74, 6) is 0.825. The third-order valence-corrected chi connectivity index (χ3v) is 14.2. The zero-order valence-electron chi connectivity index (χ0n) is 40.8. The second kappa shape index (κ2) is 18.9. The fourth-order valence-electron chi connectivity index (χ4n) is 10.5. The van der Waals surface area contributed by atoms with Gasteiger partial charge in [0, 0.05) is 44.3 Å². The van der Waals surface area contributed by atoms with Crippen LogP contribution in [0, 0.1) is 0 Å². The lowest BCUT2D eigenvalue weighted by Crippen LogP contribution is -1.90. The van der Waals surface area contributed by atoms with Gasteiger partial charge in [-0.25, -0.2) is 9.97 Å². The van der Waals surface area contributed by atoms with Crippen molar-refractivity contribution >= 4 is 46.4 Å². The third-order valence-electron chi connectivity index (χ3n) is 14.2. The first-order valence-corrected chi connectivity index (χ1v) is 25.0. The highest BCUT2D eigenvalue weighted by Gasteiger charge is 2.20. The van der Waals surface area contributed by atoms with Gasteiger partial charge in [-0.15, -0.1) is 0 Å². The molecule has 11 aromatic rings. The molecule has 3 aromatic heterocycles. The van der Waals surface area contributed by atoms with E-state index >= 15 is 0 Å². The number of fused-ring (bicyclic) bond motifs is 8. The summed E-state index contributed by atoms with van der Waals surface area (Å²) in [6.45, 7) is 0. The van der Waals surface area contributed by atoms with E-state index in [1.807, 2.05) is 48.5 Å². The van der Waals surface area contributed by atoms with Crippen molar-refractivity contribution in [3.8, 4) is 112 Å². The maximum absolute atomic E-state index is 10.3. The fourth-order valence-corrected chi connectivity index (χ4v) is 10.5. The summed E-state index contributed by atoms with van der Waals surface area (Å²) in [7, 11) is 0. The van der Waals surface area contributed by atoms with E-state index in [4.69, 9.17) is 9.97 Å². The van der Waals surface area contributed by atoms with Gasteiger partial charge in [-0.3, -0.25) is 0 Å². The lowest BCUT2D eigenvalue weighted by Gasteiger charge is -2.09. The zero-order valence-corrected chi connectivity index (χ0v) is 40.8. The van der Waals surface area contributed by atoms with Crippen LogP contribution in [0.25, 0.3) is 135 Å². The molecule has 0 saturated carbocycles. The molecule has 8 bridgehead atoms. The van der Waals surface area contributed by atoms with E-state index in [-0.39, 0.29) is 23.0 Å². The molecule has 6 N–H and O–H groups in total. The fraction of sp³-hybridized carbons (Fsp3) is 0. The van der Waals surface area contributed by atoms with Crippen LogP contribution in [-0.4, -0.2) is 40.4 Å². The van der Waals surface area contributed by atoms with Crippen molar-refractivity contribution in [1.82, 2.24) is 19.9 Å². The quantitative estimate of drug-likeness (QED) is 0.0897. The summed E-state index contributed by atoms with van der Waals surface area (Å²) in [6, 6.07) is 71.0. The smallest absolute Gasteiger partial charge is 0.116 e. The van der Waals surface area contributed by atoms with Gasteiger partial charge < -0.3 is 30.4 Å². The molecular formula is C68H46N4O4. The molecule has 13 rings (SSSR count). The summed E-state index contributed by atoms with van der Waals surface area (Å²) >= 11 is 0. The lowest BCUT2D eigenvalue weighted by molar-refractivity contribution is 0.475. The SMILES string of the molecule is Oc1cccc(-c2ccc(-c3c4nc(c(-c5ccc(-c6cccc(O)c6)cc5)c5ccc([nH]5)c(-c5ccc(-c6cccc(O)c6)cc5)c5nc(c(-c6ccc(-c7cccc(O)c7)cc6)c6ccc3[nH]6)C=C5)C=C4)cc2)c1. The van der Waals surface area contributed by atoms with Gasteiger partial charge in [0.05, 0.1) is 22.8 Å². The minimum Gasteiger partial charge on any atom is -0.508 e. The topological polar surface area (TPSA) is 138 Å². The molecule has 2 aliphatic rings. The summed E-state index contributed by atoms with van der Waals surface area (Å²) in [4.78, 5) is 18.8. The number of rotatable bonds is 8. The molecule has 0 fully saturated rings. The van der Waals surface area contributed by atoms with Crippen molar-refractivity contribution in [2.75, 3.05) is 0 Å². The number of phenolic OH excluding ortho intramolecular Hbond substituents is 4. The number of phenols is 4. The lowest BCUT2D eigenvalue weighted by atomic mass is 9.99. The molecular weight excluding hydrogens is 937 g/mol. The first-order valence-electron chi connectivity index (χ1n) is 25.0. The van der Waals surface area contributed by atoms with E-state index in [1.54, 1.807) is 48.5 Å². The third kappa shape index (κ3) is 8.65. The van der Waals surface area contributed by atoms with Gasteiger partial charge in [-0.1, -0.05) is 146 Å². The van der Waals surface area contributed by atoms with Crippen LogP contribution in [0.4, 0.5) is 0 Å². The minimum atomic E-state index is 0.206. The van der Waals surface area contributed by atoms with E-state index in [1.165, 1.54) is 0 Å². The zero-order chi connectivity index (χ0) is 51.3. The Hall–Kier alpha value is -10.4. The number of aromatic amines is 2. The van der Waals surface area contributed by atoms with Crippen molar-refractivity contribution < 1.29 is 20.4 Å². The maximum atomic E-state index is 10.3. The highest BCUT2D eigenvalue weighted by atomic mass is 16.3. The number of nitrogens with zero attached hydrogens (tertiary/aromatic N) is 2. The number of aromatic hydroxyl groups is 4. The molecule has 0 radical (unpaired) electrons. The molecule has 0 atom stereocenters. The number of nitrogens with one attached hydrogen (secondary N) is 2. The average molecular weight is 983 g/mol. The van der Waals surface area contributed by atoms with Crippen LogP contribution in [-0.2, 0) is 0 Å². The molecule has 0 spiro atoms. The van der Waals surface area contributed by atoms with Gasteiger partial charge in [0.15, 0.2) is 0 Å². The van der Waals surface area contributed by atoms with Crippen LogP contribution in [0.15, 0.2) is 218 Å². The van der Waals surface area contributed by atoms with Gasteiger partial charge in [0.25, 0.3) is 0 Å². The normalized spacial score (nSPS) is 11.8. The Morgan fingerprint density at radius 1 is 0.224 bits per heavy atom. The Morgan fingerprint density at radius 3 is 0.645 bits per heavy atom. The van der Waals surface area contributed by atoms with E-state index in [2.05, 4.69) is 156 Å². The van der Waals surface area contributed by atoms with Crippen molar-refractivity contribution in [3.63, 3.8) is 0 Å². The second-order valence-corrected chi connectivity index (χ2v) is 19.0. The Bertz CT molecular complexity index is 3750. The molecule has 8 nitrogen and oxygen atoms in total. The molecule has 8 heteroatoms. The number of benzene rings is 8. The van der Waals surface area contributed by atoms with Crippen LogP contribution >= 0.6 is 0 Å². The predicted molar refractivity (Wildman–Crippen MR) is 309 cm³/mol. The molecule has 8 aromatic carbocycles. The van der Waals surface area contributed by atoms with Gasteiger partial charge in [0.1, 0.15) is 23.0 Å². The van der Waals surface area contributed by atoms with E-state index in [0.717, 1.165) is 134 Å². The second-order valence-electron chi connectivity index (χ2n) is 19.0. The maximum Gasteiger partial charge on any atom is 0.116 e. The number of hydrogen-bond acceptors (Lipinski definition) is 6. The molecule has 76 heavy (non-hydrogen) atoms. The van der Waals surface area contributed by atoms with Crippen LogP contribution in [0.2, 0.25) is 0 Å². The number of H-pyrrole nitrogens is 2. The Labute approximate surface area is 437 Å². The summed E-state index contributed by atoms with van der Waals surface area (Å²) < 4.78 is 0. The van der Waals surface area contributed by atoms with Crippen molar-refractivity contribution in [1.29, 1.82) is 0 Å². The summed E-state index contributed by atoms with van der Waals surface area (Å²) in [6.07, 6.45) is 8.33. The first-order chi connectivity index (χ1) is 37.2. The highest BCUT2D eigenvalue weighted by Crippen LogP contribution is 2.41. The monoisotopic (exact) mass is 982 g/mol. The van der Waals surface area contributed by atoms with E-state index < -0.39 is 0 Å². The molecule has 362 valence electrons. The number of hydrogen-bond donors (Lipinski definition) is 6. The summed E-state index contributed by atoms with van der Waals surface area (Å²) in [5, 5.41) is 41.4. The molecule has 5 heterocycles. The van der Waals surface area contributed by atoms with Gasteiger partial charge in [-0.2, -0.15) is 0 Å². The molecule has 0 saturated heterocycles. The highest BCUT2D eigenvalue weighted by molar-refractivity contribution is 6.00. The van der Waals surface area contributed by atoms with Gasteiger partial charge in [0.2, 0.25) is 0 Å². The summed E-state index contributed by atoms with van der Waals surface area (Å²) in [5.41, 5.74) is 21.4. The van der Waals surface area contributed by atoms with Crippen LogP contribution < -0.4 is 0 Å². The molecule has 0 unspecified atom stereocenters. The van der Waals surface area contributed by atoms with Gasteiger partial charge in [-0.05, 0) is 164 Å². The van der Waals surface area contributed by atoms with E-state index in [9.17, 15) is 20.4 Å². The van der Waals surface area contributed by atoms with Crippen LogP contribution in [0.3, 0.4) is 0 Å². The molecule has 2 aliphatic heterocycles. The van der Waals surface area contributed by atoms with Crippen LogP contribution in [0.1, 0.15) is 22.8 Å². The Balaban J connectivity index is 1.08. The van der Waals surface area contributed by atoms with Gasteiger partial charge >= 0.3 is 0 Å². The standard InChI is InChI=1S/C68H46N4O4/c73-53-9-1-5-49(37-53)41-13-21-45(22-14-41)65-57-29-31-59(69-57)66(46-23-15-42(16-24-46)50-6-2-10-54(74)38-50)61-33-35-63(71-61)68(48-27-19-44(20-28-48)52-8-4-12-56(76)40-52)64-36-34-62(72-64)67(60-32-30-58(65)70-60)47-25-17-43(18-26-47)51-7-3-11-55(75)39-51/h1-40,69,72-76H.